The van der Waals surface area contributed by atoms with Crippen LogP contribution in [0.5, 0.6) is 0 Å². The minimum atomic E-state index is -0.610. The molecule has 1 heterocycles. The van der Waals surface area contributed by atoms with Crippen molar-refractivity contribution in [2.75, 3.05) is 25.4 Å². The van der Waals surface area contributed by atoms with Crippen LogP contribution in [0.1, 0.15) is 11.7 Å². The number of ether oxygens (including phenoxy) is 1. The highest BCUT2D eigenvalue weighted by atomic mass is 16.5. The van der Waals surface area contributed by atoms with E-state index in [4.69, 9.17) is 10.5 Å². The summed E-state index contributed by atoms with van der Waals surface area (Å²) >= 11 is 0. The van der Waals surface area contributed by atoms with Crippen LogP contribution in [0.15, 0.2) is 24.3 Å². The van der Waals surface area contributed by atoms with Gasteiger partial charge in [0, 0.05) is 18.8 Å². The molecule has 1 aromatic carbocycles. The van der Waals surface area contributed by atoms with E-state index in [0.717, 1.165) is 12.1 Å². The number of hydrogen-bond donors (Lipinski definition) is 3. The molecule has 4 nitrogen and oxygen atoms in total. The maximum atomic E-state index is 10.0. The molecule has 0 bridgehead atoms. The summed E-state index contributed by atoms with van der Waals surface area (Å²) in [6.45, 7) is 2.17. The minimum Gasteiger partial charge on any atom is -0.399 e. The molecule has 1 aliphatic heterocycles. The van der Waals surface area contributed by atoms with Gasteiger partial charge in [-0.15, -0.1) is 0 Å². The Balaban J connectivity index is 2.08. The summed E-state index contributed by atoms with van der Waals surface area (Å²) in [5, 5.41) is 13.2. The standard InChI is InChI=1S/C11H16N2O2/c12-9-3-1-2-8(6-9)11(14)10-7-13-4-5-15-10/h1-3,6,10-11,13-14H,4-5,7,12H2. The number of nitrogen functional groups attached to an aromatic ring is 1. The molecule has 0 saturated carbocycles. The van der Waals surface area contributed by atoms with Crippen LogP contribution in [0.2, 0.25) is 0 Å². The Morgan fingerprint density at radius 3 is 3.07 bits per heavy atom. The number of nitrogens with two attached hydrogens (primary N) is 1. The molecule has 1 aliphatic rings. The van der Waals surface area contributed by atoms with Crippen LogP contribution < -0.4 is 11.1 Å². The third kappa shape index (κ3) is 2.47. The van der Waals surface area contributed by atoms with Crippen LogP contribution in [-0.4, -0.2) is 30.9 Å². The van der Waals surface area contributed by atoms with Crippen LogP contribution in [0.4, 0.5) is 5.69 Å². The molecule has 4 heteroatoms. The number of anilines is 1. The van der Waals surface area contributed by atoms with Crippen molar-refractivity contribution in [1.29, 1.82) is 0 Å². The second-order valence-corrected chi connectivity index (χ2v) is 3.73. The van der Waals surface area contributed by atoms with Gasteiger partial charge in [-0.25, -0.2) is 0 Å². The lowest BCUT2D eigenvalue weighted by Gasteiger charge is -2.28. The fourth-order valence-corrected chi connectivity index (χ4v) is 1.75. The number of aliphatic hydroxyl groups is 1. The van der Waals surface area contributed by atoms with Crippen LogP contribution in [0, 0.1) is 0 Å². The van der Waals surface area contributed by atoms with E-state index in [1.54, 1.807) is 12.1 Å². The summed E-state index contributed by atoms with van der Waals surface area (Å²) in [6.07, 6.45) is -0.790. The van der Waals surface area contributed by atoms with Crippen molar-refractivity contribution in [3.8, 4) is 0 Å². The summed E-state index contributed by atoms with van der Waals surface area (Å²) in [5.74, 6) is 0. The summed E-state index contributed by atoms with van der Waals surface area (Å²) in [5.41, 5.74) is 7.13. The number of aliphatic hydroxyl groups excluding tert-OH is 1. The van der Waals surface area contributed by atoms with E-state index in [9.17, 15) is 5.11 Å². The second kappa shape index (κ2) is 4.61. The first-order chi connectivity index (χ1) is 7.27. The third-order valence-electron chi connectivity index (χ3n) is 2.56. The largest absolute Gasteiger partial charge is 0.399 e. The molecule has 4 N–H and O–H groups in total. The first-order valence-corrected chi connectivity index (χ1v) is 5.13. The van der Waals surface area contributed by atoms with Crippen molar-refractivity contribution in [2.45, 2.75) is 12.2 Å². The zero-order valence-electron chi connectivity index (χ0n) is 8.52. The van der Waals surface area contributed by atoms with Crippen molar-refractivity contribution in [2.24, 2.45) is 0 Å². The zero-order valence-corrected chi connectivity index (χ0v) is 8.52. The molecule has 2 atom stereocenters. The van der Waals surface area contributed by atoms with E-state index in [-0.39, 0.29) is 6.10 Å². The second-order valence-electron chi connectivity index (χ2n) is 3.73. The van der Waals surface area contributed by atoms with Gasteiger partial charge in [0.2, 0.25) is 0 Å². The molecular weight excluding hydrogens is 192 g/mol. The van der Waals surface area contributed by atoms with Crippen LogP contribution in [0.3, 0.4) is 0 Å². The van der Waals surface area contributed by atoms with Gasteiger partial charge in [-0.1, -0.05) is 12.1 Å². The van der Waals surface area contributed by atoms with Crippen molar-refractivity contribution in [1.82, 2.24) is 5.32 Å². The Bertz CT molecular complexity index is 324. The number of hydrogen-bond acceptors (Lipinski definition) is 4. The van der Waals surface area contributed by atoms with E-state index in [1.807, 2.05) is 12.1 Å². The lowest BCUT2D eigenvalue weighted by atomic mass is 10.0. The summed E-state index contributed by atoms with van der Waals surface area (Å²) in [7, 11) is 0. The topological polar surface area (TPSA) is 67.5 Å². The number of rotatable bonds is 2. The molecule has 2 unspecified atom stereocenters. The zero-order chi connectivity index (χ0) is 10.7. The van der Waals surface area contributed by atoms with Gasteiger partial charge >= 0.3 is 0 Å². The Morgan fingerprint density at radius 1 is 1.53 bits per heavy atom. The molecule has 0 aliphatic carbocycles. The quantitative estimate of drug-likeness (QED) is 0.611. The lowest BCUT2D eigenvalue weighted by molar-refractivity contribution is -0.0536. The van der Waals surface area contributed by atoms with Gasteiger partial charge in [-0.3, -0.25) is 0 Å². The van der Waals surface area contributed by atoms with Gasteiger partial charge in [0.15, 0.2) is 0 Å². The summed E-state index contributed by atoms with van der Waals surface area (Å²) < 4.78 is 5.48. The van der Waals surface area contributed by atoms with Crippen LogP contribution in [0.25, 0.3) is 0 Å². The lowest BCUT2D eigenvalue weighted by Crippen LogP contribution is -2.41. The number of benzene rings is 1. The normalized spacial score (nSPS) is 23.7. The summed E-state index contributed by atoms with van der Waals surface area (Å²) in [4.78, 5) is 0. The Hall–Kier alpha value is -1.10. The average Bonchev–Trinajstić information content (AvgIpc) is 2.29. The van der Waals surface area contributed by atoms with Crippen molar-refractivity contribution in [3.63, 3.8) is 0 Å². The van der Waals surface area contributed by atoms with Crippen molar-refractivity contribution >= 4 is 5.69 Å². The van der Waals surface area contributed by atoms with Crippen molar-refractivity contribution in [3.05, 3.63) is 29.8 Å². The molecule has 0 aromatic heterocycles. The van der Waals surface area contributed by atoms with E-state index in [0.29, 0.717) is 18.8 Å². The van der Waals surface area contributed by atoms with E-state index in [2.05, 4.69) is 5.32 Å². The van der Waals surface area contributed by atoms with Crippen molar-refractivity contribution < 1.29 is 9.84 Å². The van der Waals surface area contributed by atoms with Gasteiger partial charge in [0.25, 0.3) is 0 Å². The Labute approximate surface area is 89.0 Å². The first kappa shape index (κ1) is 10.4. The fraction of sp³-hybridized carbons (Fsp3) is 0.455. The molecular formula is C11H16N2O2. The first-order valence-electron chi connectivity index (χ1n) is 5.13. The monoisotopic (exact) mass is 208 g/mol. The molecule has 0 amide bonds. The van der Waals surface area contributed by atoms with Crippen LogP contribution in [-0.2, 0) is 4.74 Å². The van der Waals surface area contributed by atoms with Gasteiger partial charge < -0.3 is 20.9 Å². The molecule has 1 aromatic rings. The van der Waals surface area contributed by atoms with E-state index >= 15 is 0 Å². The Kier molecular flexibility index (Phi) is 3.20. The highest BCUT2D eigenvalue weighted by molar-refractivity contribution is 5.41. The maximum absolute atomic E-state index is 10.0. The summed E-state index contributed by atoms with van der Waals surface area (Å²) in [6, 6.07) is 7.28. The molecule has 1 saturated heterocycles. The molecule has 1 fully saturated rings. The molecule has 0 spiro atoms. The fourth-order valence-electron chi connectivity index (χ4n) is 1.75. The number of morpholine rings is 1. The van der Waals surface area contributed by atoms with Gasteiger partial charge in [-0.05, 0) is 17.7 Å². The predicted molar refractivity (Wildman–Crippen MR) is 58.4 cm³/mol. The SMILES string of the molecule is Nc1cccc(C(O)C2CNCCO2)c1. The average molecular weight is 208 g/mol. The molecule has 15 heavy (non-hydrogen) atoms. The Morgan fingerprint density at radius 2 is 2.40 bits per heavy atom. The molecule has 0 radical (unpaired) electrons. The van der Waals surface area contributed by atoms with Gasteiger partial charge in [0.05, 0.1) is 12.7 Å². The van der Waals surface area contributed by atoms with E-state index in [1.165, 1.54) is 0 Å². The van der Waals surface area contributed by atoms with Gasteiger partial charge in [-0.2, -0.15) is 0 Å². The van der Waals surface area contributed by atoms with Gasteiger partial charge in [0.1, 0.15) is 6.10 Å². The smallest absolute Gasteiger partial charge is 0.106 e. The third-order valence-corrected chi connectivity index (χ3v) is 2.56. The van der Waals surface area contributed by atoms with Crippen LogP contribution >= 0.6 is 0 Å². The highest BCUT2D eigenvalue weighted by Gasteiger charge is 2.23. The highest BCUT2D eigenvalue weighted by Crippen LogP contribution is 2.21. The maximum Gasteiger partial charge on any atom is 0.106 e. The molecule has 2 rings (SSSR count). The number of nitrogens with one attached hydrogen (secondary N) is 1. The van der Waals surface area contributed by atoms with E-state index < -0.39 is 6.10 Å². The minimum absolute atomic E-state index is 0.180. The predicted octanol–water partition coefficient (Wildman–Crippen LogP) is 0.291. The molecule has 82 valence electrons.